The van der Waals surface area contributed by atoms with Crippen molar-refractivity contribution in [3.63, 3.8) is 0 Å². The molecule has 1 unspecified atom stereocenters. The van der Waals surface area contributed by atoms with Crippen LogP contribution in [0.4, 0.5) is 4.39 Å². The van der Waals surface area contributed by atoms with Crippen molar-refractivity contribution in [1.29, 1.82) is 0 Å². The molecule has 1 aliphatic rings. The van der Waals surface area contributed by atoms with Crippen molar-refractivity contribution in [1.82, 2.24) is 5.32 Å². The highest BCUT2D eigenvalue weighted by molar-refractivity contribution is 9.10. The molecule has 0 amide bonds. The van der Waals surface area contributed by atoms with E-state index in [0.29, 0.717) is 10.5 Å². The average Bonchev–Trinajstić information content (AvgIpc) is 3.11. The molecular formula is C15H15BrFNS. The molecule has 1 N–H and O–H groups in total. The first-order valence-electron chi connectivity index (χ1n) is 6.41. The van der Waals surface area contributed by atoms with Crippen LogP contribution in [0.25, 0.3) is 10.4 Å². The van der Waals surface area contributed by atoms with Gasteiger partial charge in [-0.05, 0) is 71.6 Å². The van der Waals surface area contributed by atoms with Gasteiger partial charge in [0.15, 0.2) is 0 Å². The molecule has 3 rings (SSSR count). The summed E-state index contributed by atoms with van der Waals surface area (Å²) in [5.74, 6) is 0.572. The van der Waals surface area contributed by atoms with Gasteiger partial charge in [0.2, 0.25) is 0 Å². The van der Waals surface area contributed by atoms with E-state index in [4.69, 9.17) is 0 Å². The minimum absolute atomic E-state index is 0.216. The second-order valence-electron chi connectivity index (χ2n) is 4.93. The fourth-order valence-electron chi connectivity index (χ4n) is 2.36. The molecule has 1 aromatic carbocycles. The number of thiophene rings is 1. The van der Waals surface area contributed by atoms with E-state index in [1.165, 1.54) is 28.7 Å². The molecule has 0 saturated heterocycles. The SMILES string of the molecule is CNC(c1ccc(-c2ccc(F)c(Br)c2)s1)C1CC1. The highest BCUT2D eigenvalue weighted by Crippen LogP contribution is 2.44. The molecule has 0 aliphatic heterocycles. The first kappa shape index (κ1) is 13.3. The van der Waals surface area contributed by atoms with Gasteiger partial charge in [-0.25, -0.2) is 4.39 Å². The van der Waals surface area contributed by atoms with Crippen LogP contribution in [0, 0.1) is 11.7 Å². The molecule has 1 aliphatic carbocycles. The number of hydrogen-bond acceptors (Lipinski definition) is 2. The van der Waals surface area contributed by atoms with Crippen LogP contribution >= 0.6 is 27.3 Å². The average molecular weight is 340 g/mol. The largest absolute Gasteiger partial charge is 0.312 e. The molecule has 1 nitrogen and oxygen atoms in total. The Morgan fingerprint density at radius 2 is 2.11 bits per heavy atom. The molecule has 2 aromatic rings. The predicted molar refractivity (Wildman–Crippen MR) is 81.9 cm³/mol. The van der Waals surface area contributed by atoms with Crippen molar-refractivity contribution in [2.45, 2.75) is 18.9 Å². The fourth-order valence-corrected chi connectivity index (χ4v) is 3.95. The van der Waals surface area contributed by atoms with E-state index in [1.807, 2.05) is 19.2 Å². The van der Waals surface area contributed by atoms with Crippen molar-refractivity contribution >= 4 is 27.3 Å². The molecule has 1 aromatic heterocycles. The van der Waals surface area contributed by atoms with Gasteiger partial charge >= 0.3 is 0 Å². The summed E-state index contributed by atoms with van der Waals surface area (Å²) in [5.41, 5.74) is 1.06. The van der Waals surface area contributed by atoms with Crippen LogP contribution in [-0.2, 0) is 0 Å². The minimum atomic E-state index is -0.216. The van der Waals surface area contributed by atoms with E-state index in [2.05, 4.69) is 33.4 Å². The summed E-state index contributed by atoms with van der Waals surface area (Å²) < 4.78 is 13.8. The summed E-state index contributed by atoms with van der Waals surface area (Å²) in [6.07, 6.45) is 2.64. The monoisotopic (exact) mass is 339 g/mol. The molecule has 1 atom stereocenters. The standard InChI is InChI=1S/C15H15BrFNS/c1-18-15(9-2-3-9)14-7-6-13(19-14)10-4-5-12(17)11(16)8-10/h4-9,15,18H,2-3H2,1H3. The van der Waals surface area contributed by atoms with Crippen LogP contribution in [0.3, 0.4) is 0 Å². The van der Waals surface area contributed by atoms with Gasteiger partial charge in [-0.3, -0.25) is 0 Å². The third-order valence-corrected chi connectivity index (χ3v) is 5.37. The third-order valence-electron chi connectivity index (χ3n) is 3.54. The number of halogens is 2. The van der Waals surface area contributed by atoms with E-state index in [1.54, 1.807) is 11.3 Å². The summed E-state index contributed by atoms with van der Waals surface area (Å²) in [6, 6.07) is 9.98. The first-order chi connectivity index (χ1) is 9.19. The molecule has 0 spiro atoms. The lowest BCUT2D eigenvalue weighted by Gasteiger charge is -2.12. The normalized spacial score (nSPS) is 16.6. The van der Waals surface area contributed by atoms with Crippen molar-refractivity contribution in [2.24, 2.45) is 5.92 Å². The fraction of sp³-hybridized carbons (Fsp3) is 0.333. The highest BCUT2D eigenvalue weighted by atomic mass is 79.9. The van der Waals surface area contributed by atoms with E-state index in [9.17, 15) is 4.39 Å². The van der Waals surface area contributed by atoms with Crippen LogP contribution < -0.4 is 5.32 Å². The highest BCUT2D eigenvalue weighted by Gasteiger charge is 2.32. The lowest BCUT2D eigenvalue weighted by atomic mass is 10.1. The van der Waals surface area contributed by atoms with E-state index in [-0.39, 0.29) is 5.82 Å². The Labute approximate surface area is 125 Å². The van der Waals surface area contributed by atoms with E-state index >= 15 is 0 Å². The topological polar surface area (TPSA) is 12.0 Å². The third kappa shape index (κ3) is 2.76. The summed E-state index contributed by atoms with van der Waals surface area (Å²) in [4.78, 5) is 2.57. The molecule has 1 fully saturated rings. The van der Waals surface area contributed by atoms with Crippen molar-refractivity contribution in [3.05, 3.63) is 45.5 Å². The Morgan fingerprint density at radius 3 is 2.74 bits per heavy atom. The molecule has 1 saturated carbocycles. The zero-order chi connectivity index (χ0) is 13.4. The first-order valence-corrected chi connectivity index (χ1v) is 8.02. The summed E-state index contributed by atoms with van der Waals surface area (Å²) in [7, 11) is 2.02. The van der Waals surface area contributed by atoms with Gasteiger partial charge in [-0.15, -0.1) is 11.3 Å². The minimum Gasteiger partial charge on any atom is -0.312 e. The molecule has 0 radical (unpaired) electrons. The summed E-state index contributed by atoms with van der Waals surface area (Å²) in [6.45, 7) is 0. The lowest BCUT2D eigenvalue weighted by Crippen LogP contribution is -2.16. The number of rotatable bonds is 4. The van der Waals surface area contributed by atoms with Crippen LogP contribution in [-0.4, -0.2) is 7.05 Å². The van der Waals surface area contributed by atoms with Crippen molar-refractivity contribution in [3.8, 4) is 10.4 Å². The zero-order valence-corrected chi connectivity index (χ0v) is 13.0. The van der Waals surface area contributed by atoms with Gasteiger partial charge < -0.3 is 5.32 Å². The van der Waals surface area contributed by atoms with E-state index < -0.39 is 0 Å². The summed E-state index contributed by atoms with van der Waals surface area (Å²) in [5, 5.41) is 3.41. The Hall–Kier alpha value is -0.710. The van der Waals surface area contributed by atoms with Crippen molar-refractivity contribution < 1.29 is 4.39 Å². The number of hydrogen-bond donors (Lipinski definition) is 1. The number of benzene rings is 1. The van der Waals surface area contributed by atoms with Gasteiger partial charge in [0, 0.05) is 15.8 Å². The van der Waals surface area contributed by atoms with Crippen molar-refractivity contribution in [2.75, 3.05) is 7.05 Å². The van der Waals surface area contributed by atoms with Gasteiger partial charge in [0.05, 0.1) is 4.47 Å². The lowest BCUT2D eigenvalue weighted by molar-refractivity contribution is 0.537. The maximum Gasteiger partial charge on any atom is 0.137 e. The molecule has 0 bridgehead atoms. The molecular weight excluding hydrogens is 325 g/mol. The molecule has 1 heterocycles. The van der Waals surface area contributed by atoms with Gasteiger partial charge in [-0.1, -0.05) is 6.07 Å². The van der Waals surface area contributed by atoms with Gasteiger partial charge in [0.1, 0.15) is 5.82 Å². The van der Waals surface area contributed by atoms with Crippen LogP contribution in [0.5, 0.6) is 0 Å². The zero-order valence-electron chi connectivity index (χ0n) is 10.6. The maximum atomic E-state index is 13.3. The Kier molecular flexibility index (Phi) is 3.74. The maximum absolute atomic E-state index is 13.3. The Morgan fingerprint density at radius 1 is 1.32 bits per heavy atom. The van der Waals surface area contributed by atoms with Crippen LogP contribution in [0.1, 0.15) is 23.8 Å². The molecule has 100 valence electrons. The molecule has 4 heteroatoms. The van der Waals surface area contributed by atoms with E-state index in [0.717, 1.165) is 11.5 Å². The van der Waals surface area contributed by atoms with Gasteiger partial charge in [0.25, 0.3) is 0 Å². The predicted octanol–water partition coefficient (Wildman–Crippen LogP) is 4.99. The van der Waals surface area contributed by atoms with Gasteiger partial charge in [-0.2, -0.15) is 0 Å². The second kappa shape index (κ2) is 5.35. The smallest absolute Gasteiger partial charge is 0.137 e. The van der Waals surface area contributed by atoms with Crippen LogP contribution in [0.15, 0.2) is 34.8 Å². The quantitative estimate of drug-likeness (QED) is 0.827. The Balaban J connectivity index is 1.89. The summed E-state index contributed by atoms with van der Waals surface area (Å²) >= 11 is 5.04. The Bertz CT molecular complexity index is 592. The second-order valence-corrected chi connectivity index (χ2v) is 6.90. The molecule has 19 heavy (non-hydrogen) atoms. The van der Waals surface area contributed by atoms with Crippen LogP contribution in [0.2, 0.25) is 0 Å². The number of nitrogens with one attached hydrogen (secondary N) is 1.